The van der Waals surface area contributed by atoms with Gasteiger partial charge in [0, 0.05) is 19.7 Å². The molecule has 7 heteroatoms. The molecule has 0 saturated heterocycles. The standard InChI is InChI=1S/C18H20N2O4S/c1-19-18(21)12-7-14-5-10-17(11-6-14)25(22,23)20-13-15-3-8-16(24-2)9-4-15/h3-12,20H,13H2,1-2H3,(H,19,21)/b12-7+. The summed E-state index contributed by atoms with van der Waals surface area (Å²) in [7, 11) is -0.498. The molecule has 6 nitrogen and oxygen atoms in total. The lowest BCUT2D eigenvalue weighted by atomic mass is 10.2. The topological polar surface area (TPSA) is 84.5 Å². The van der Waals surface area contributed by atoms with Gasteiger partial charge in [0.25, 0.3) is 0 Å². The van der Waals surface area contributed by atoms with Crippen molar-refractivity contribution < 1.29 is 17.9 Å². The Hall–Kier alpha value is -2.64. The van der Waals surface area contributed by atoms with Crippen LogP contribution in [-0.2, 0) is 21.4 Å². The van der Waals surface area contributed by atoms with Crippen molar-refractivity contribution in [2.45, 2.75) is 11.4 Å². The van der Waals surface area contributed by atoms with Crippen LogP contribution in [0.25, 0.3) is 6.08 Å². The molecule has 132 valence electrons. The minimum atomic E-state index is -3.61. The number of sulfonamides is 1. The summed E-state index contributed by atoms with van der Waals surface area (Å²) in [5.41, 5.74) is 1.56. The highest BCUT2D eigenvalue weighted by Gasteiger charge is 2.13. The lowest BCUT2D eigenvalue weighted by molar-refractivity contribution is -0.115. The molecule has 25 heavy (non-hydrogen) atoms. The maximum Gasteiger partial charge on any atom is 0.243 e. The first-order chi connectivity index (χ1) is 11.9. The predicted molar refractivity (Wildman–Crippen MR) is 96.6 cm³/mol. The largest absolute Gasteiger partial charge is 0.497 e. The summed E-state index contributed by atoms with van der Waals surface area (Å²) < 4.78 is 32.3. The second-order valence-electron chi connectivity index (χ2n) is 5.19. The Bertz CT molecular complexity index is 842. The Labute approximate surface area is 147 Å². The summed E-state index contributed by atoms with van der Waals surface area (Å²) in [6.45, 7) is 0.185. The van der Waals surface area contributed by atoms with Crippen LogP contribution in [0.1, 0.15) is 11.1 Å². The van der Waals surface area contributed by atoms with Crippen LogP contribution in [0.4, 0.5) is 0 Å². The number of benzene rings is 2. The number of ether oxygens (including phenoxy) is 1. The Morgan fingerprint density at radius 3 is 2.28 bits per heavy atom. The molecule has 1 amide bonds. The molecule has 0 fully saturated rings. The minimum Gasteiger partial charge on any atom is -0.497 e. The predicted octanol–water partition coefficient (Wildman–Crippen LogP) is 1.93. The van der Waals surface area contributed by atoms with Crippen molar-refractivity contribution >= 4 is 22.0 Å². The van der Waals surface area contributed by atoms with Gasteiger partial charge in [-0.15, -0.1) is 0 Å². The molecule has 2 rings (SSSR count). The van der Waals surface area contributed by atoms with E-state index in [-0.39, 0.29) is 17.3 Å². The minimum absolute atomic E-state index is 0.165. The lowest BCUT2D eigenvalue weighted by Gasteiger charge is -2.08. The molecule has 0 aliphatic rings. The Kier molecular flexibility index (Phi) is 6.32. The number of methoxy groups -OCH3 is 1. The van der Waals surface area contributed by atoms with Gasteiger partial charge in [-0.05, 0) is 41.5 Å². The second kappa shape index (κ2) is 8.46. The van der Waals surface area contributed by atoms with Gasteiger partial charge in [0.1, 0.15) is 5.75 Å². The molecule has 2 N–H and O–H groups in total. The fraction of sp³-hybridized carbons (Fsp3) is 0.167. The normalized spacial score (nSPS) is 11.4. The maximum atomic E-state index is 12.3. The van der Waals surface area contributed by atoms with Crippen LogP contribution < -0.4 is 14.8 Å². The van der Waals surface area contributed by atoms with Crippen molar-refractivity contribution in [2.75, 3.05) is 14.2 Å². The molecule has 0 unspecified atom stereocenters. The van der Waals surface area contributed by atoms with Gasteiger partial charge in [0.05, 0.1) is 12.0 Å². The molecular formula is C18H20N2O4S. The van der Waals surface area contributed by atoms with E-state index in [9.17, 15) is 13.2 Å². The fourth-order valence-electron chi connectivity index (χ4n) is 2.02. The number of likely N-dealkylation sites (N-methyl/N-ethyl adjacent to an activating group) is 1. The number of carbonyl (C=O) groups is 1. The van der Waals surface area contributed by atoms with E-state index in [0.717, 1.165) is 11.1 Å². The van der Waals surface area contributed by atoms with E-state index in [1.165, 1.54) is 25.3 Å². The van der Waals surface area contributed by atoms with E-state index in [4.69, 9.17) is 4.74 Å². The van der Waals surface area contributed by atoms with Crippen LogP contribution in [0.15, 0.2) is 59.5 Å². The molecule has 0 atom stereocenters. The summed E-state index contributed by atoms with van der Waals surface area (Å²) in [5, 5.41) is 2.47. The van der Waals surface area contributed by atoms with Gasteiger partial charge in [-0.25, -0.2) is 13.1 Å². The molecular weight excluding hydrogens is 340 g/mol. The average Bonchev–Trinajstić information content (AvgIpc) is 2.65. The van der Waals surface area contributed by atoms with Gasteiger partial charge in [0.15, 0.2) is 0 Å². The molecule has 0 heterocycles. The summed E-state index contributed by atoms with van der Waals surface area (Å²) in [6, 6.07) is 13.4. The zero-order chi connectivity index (χ0) is 18.3. The van der Waals surface area contributed by atoms with Crippen LogP contribution in [0.5, 0.6) is 5.75 Å². The summed E-state index contributed by atoms with van der Waals surface area (Å²) in [4.78, 5) is 11.3. The van der Waals surface area contributed by atoms with E-state index in [2.05, 4.69) is 10.0 Å². The van der Waals surface area contributed by atoms with Crippen molar-refractivity contribution in [3.8, 4) is 5.75 Å². The summed E-state index contributed by atoms with van der Waals surface area (Å²) in [6.07, 6.45) is 2.99. The second-order valence-corrected chi connectivity index (χ2v) is 6.96. The summed E-state index contributed by atoms with van der Waals surface area (Å²) >= 11 is 0. The van der Waals surface area contributed by atoms with Gasteiger partial charge in [-0.2, -0.15) is 0 Å². The van der Waals surface area contributed by atoms with Gasteiger partial charge < -0.3 is 10.1 Å². The van der Waals surface area contributed by atoms with Crippen molar-refractivity contribution in [2.24, 2.45) is 0 Å². The monoisotopic (exact) mass is 360 g/mol. The maximum absolute atomic E-state index is 12.3. The highest BCUT2D eigenvalue weighted by atomic mass is 32.2. The third-order valence-corrected chi connectivity index (χ3v) is 4.91. The van der Waals surface area contributed by atoms with Crippen molar-refractivity contribution in [3.05, 3.63) is 65.7 Å². The number of nitrogens with one attached hydrogen (secondary N) is 2. The van der Waals surface area contributed by atoms with Crippen molar-refractivity contribution in [1.82, 2.24) is 10.0 Å². The number of rotatable bonds is 7. The first-order valence-corrected chi connectivity index (χ1v) is 9.05. The van der Waals surface area contributed by atoms with Gasteiger partial charge in [-0.1, -0.05) is 24.3 Å². The molecule has 0 spiro atoms. The first-order valence-electron chi connectivity index (χ1n) is 7.57. The van der Waals surface area contributed by atoms with E-state index >= 15 is 0 Å². The van der Waals surface area contributed by atoms with Crippen molar-refractivity contribution in [3.63, 3.8) is 0 Å². The van der Waals surface area contributed by atoms with Gasteiger partial charge >= 0.3 is 0 Å². The first kappa shape index (κ1) is 18.7. The smallest absolute Gasteiger partial charge is 0.243 e. The highest BCUT2D eigenvalue weighted by Crippen LogP contribution is 2.14. The third-order valence-electron chi connectivity index (χ3n) is 3.49. The number of hydrogen-bond donors (Lipinski definition) is 2. The number of carbonyl (C=O) groups excluding carboxylic acids is 1. The zero-order valence-electron chi connectivity index (χ0n) is 14.0. The molecule has 0 aliphatic carbocycles. The van der Waals surface area contributed by atoms with E-state index in [0.29, 0.717) is 5.75 Å². The number of hydrogen-bond acceptors (Lipinski definition) is 4. The molecule has 0 aromatic heterocycles. The molecule has 0 saturated carbocycles. The number of amides is 1. The molecule has 0 radical (unpaired) electrons. The SMILES string of the molecule is CNC(=O)/C=C/c1ccc(S(=O)(=O)NCc2ccc(OC)cc2)cc1. The zero-order valence-corrected chi connectivity index (χ0v) is 14.8. The van der Waals surface area contributed by atoms with Crippen LogP contribution in [0.2, 0.25) is 0 Å². The van der Waals surface area contributed by atoms with Crippen LogP contribution in [0.3, 0.4) is 0 Å². The average molecular weight is 360 g/mol. The van der Waals surface area contributed by atoms with E-state index in [1.807, 2.05) is 0 Å². The van der Waals surface area contributed by atoms with E-state index in [1.54, 1.807) is 49.6 Å². The molecule has 2 aromatic carbocycles. The van der Waals surface area contributed by atoms with E-state index < -0.39 is 10.0 Å². The van der Waals surface area contributed by atoms with Crippen molar-refractivity contribution in [1.29, 1.82) is 0 Å². The van der Waals surface area contributed by atoms with Crippen LogP contribution in [-0.4, -0.2) is 28.5 Å². The Balaban J connectivity index is 2.03. The fourth-order valence-corrected chi connectivity index (χ4v) is 3.04. The Morgan fingerprint density at radius 1 is 1.08 bits per heavy atom. The van der Waals surface area contributed by atoms with Gasteiger partial charge in [-0.3, -0.25) is 4.79 Å². The van der Waals surface area contributed by atoms with Crippen LogP contribution in [0, 0.1) is 0 Å². The van der Waals surface area contributed by atoms with Gasteiger partial charge in [0.2, 0.25) is 15.9 Å². The lowest BCUT2D eigenvalue weighted by Crippen LogP contribution is -2.23. The Morgan fingerprint density at radius 2 is 1.72 bits per heavy atom. The highest BCUT2D eigenvalue weighted by molar-refractivity contribution is 7.89. The quantitative estimate of drug-likeness (QED) is 0.739. The third kappa shape index (κ3) is 5.44. The van der Waals surface area contributed by atoms with Crippen LogP contribution >= 0.6 is 0 Å². The molecule has 2 aromatic rings. The summed E-state index contributed by atoms with van der Waals surface area (Å²) in [5.74, 6) is 0.491. The molecule has 0 aliphatic heterocycles. The molecule has 0 bridgehead atoms.